The molecule has 3 rings (SSSR count). The number of nitrogens with one attached hydrogen (secondary N) is 2. The maximum atomic E-state index is 12.4. The van der Waals surface area contributed by atoms with Crippen LogP contribution >= 0.6 is 0 Å². The lowest BCUT2D eigenvalue weighted by atomic mass is 9.98. The number of rotatable bonds is 5. The van der Waals surface area contributed by atoms with Gasteiger partial charge in [-0.2, -0.15) is 0 Å². The van der Waals surface area contributed by atoms with Crippen LogP contribution < -0.4 is 16.6 Å². The van der Waals surface area contributed by atoms with Gasteiger partial charge in [-0.15, -0.1) is 0 Å². The number of aromatic amines is 1. The van der Waals surface area contributed by atoms with Crippen molar-refractivity contribution in [3.05, 3.63) is 69.5 Å². The first-order valence-corrected chi connectivity index (χ1v) is 8.08. The van der Waals surface area contributed by atoms with Gasteiger partial charge in [0.2, 0.25) is 0 Å². The molecular weight excluding hydrogens is 350 g/mol. The molecule has 0 unspecified atom stereocenters. The number of aliphatic carboxylic acids is 1. The van der Waals surface area contributed by atoms with E-state index in [0.29, 0.717) is 23.2 Å². The van der Waals surface area contributed by atoms with Crippen molar-refractivity contribution in [2.75, 3.05) is 12.3 Å². The van der Waals surface area contributed by atoms with Crippen LogP contribution in [0.5, 0.6) is 5.75 Å². The van der Waals surface area contributed by atoms with Crippen LogP contribution in [-0.4, -0.2) is 33.6 Å². The van der Waals surface area contributed by atoms with Crippen LogP contribution in [0.3, 0.4) is 0 Å². The Morgan fingerprint density at radius 2 is 1.81 bits per heavy atom. The Morgan fingerprint density at radius 3 is 2.48 bits per heavy atom. The number of carboxylic acids is 1. The highest BCUT2D eigenvalue weighted by molar-refractivity contribution is 6.04. The molecule has 0 saturated heterocycles. The number of nitrogen functional groups attached to an aromatic ring is 1. The van der Waals surface area contributed by atoms with Crippen LogP contribution in [0.4, 0.5) is 5.69 Å². The summed E-state index contributed by atoms with van der Waals surface area (Å²) in [6.07, 6.45) is 0.421. The fourth-order valence-electron chi connectivity index (χ4n) is 2.87. The van der Waals surface area contributed by atoms with Crippen molar-refractivity contribution in [2.45, 2.75) is 6.42 Å². The Bertz CT molecular complexity index is 1090. The number of carbonyl (C=O) groups excluding carboxylic acids is 1. The summed E-state index contributed by atoms with van der Waals surface area (Å²) in [7, 11) is 0. The molecule has 27 heavy (non-hydrogen) atoms. The van der Waals surface area contributed by atoms with Crippen molar-refractivity contribution in [3.8, 4) is 5.75 Å². The van der Waals surface area contributed by atoms with Crippen LogP contribution in [0.2, 0.25) is 0 Å². The third-order valence-corrected chi connectivity index (χ3v) is 4.16. The summed E-state index contributed by atoms with van der Waals surface area (Å²) >= 11 is 0. The second-order valence-corrected chi connectivity index (χ2v) is 5.97. The molecule has 0 bridgehead atoms. The summed E-state index contributed by atoms with van der Waals surface area (Å²) < 4.78 is 0. The third-order valence-electron chi connectivity index (χ3n) is 4.16. The standard InChI is InChI=1S/C19H17N3O5/c20-13-7-6-11-16(12(13)8-10-4-2-1-3-5-10)22-19(27)15(17(11)25)18(26)21-9-14(23)24/h1-7H,8-9,20H2,(H,21,26)(H,23,24)(H2,22,25,27). The Hall–Kier alpha value is -3.81. The number of aromatic hydroxyl groups is 1. The number of anilines is 1. The number of benzene rings is 2. The zero-order chi connectivity index (χ0) is 19.6. The lowest BCUT2D eigenvalue weighted by Crippen LogP contribution is -2.33. The summed E-state index contributed by atoms with van der Waals surface area (Å²) in [6, 6.07) is 12.5. The van der Waals surface area contributed by atoms with Crippen molar-refractivity contribution in [3.63, 3.8) is 0 Å². The minimum absolute atomic E-state index is 0.246. The van der Waals surface area contributed by atoms with E-state index in [2.05, 4.69) is 10.3 Å². The molecule has 1 amide bonds. The fourth-order valence-corrected chi connectivity index (χ4v) is 2.87. The number of hydrogen-bond acceptors (Lipinski definition) is 5. The summed E-state index contributed by atoms with van der Waals surface area (Å²) in [5, 5.41) is 21.4. The smallest absolute Gasteiger partial charge is 0.322 e. The summed E-state index contributed by atoms with van der Waals surface area (Å²) in [5.41, 5.74) is 7.03. The molecule has 0 radical (unpaired) electrons. The highest BCUT2D eigenvalue weighted by Gasteiger charge is 2.21. The first kappa shape index (κ1) is 18.0. The van der Waals surface area contributed by atoms with Crippen molar-refractivity contribution >= 4 is 28.5 Å². The number of carbonyl (C=O) groups is 2. The number of nitrogens with two attached hydrogens (primary N) is 1. The molecule has 8 heteroatoms. The quantitative estimate of drug-likeness (QED) is 0.429. The highest BCUT2D eigenvalue weighted by Crippen LogP contribution is 2.31. The first-order chi connectivity index (χ1) is 12.9. The lowest BCUT2D eigenvalue weighted by Gasteiger charge is -2.13. The normalized spacial score (nSPS) is 10.7. The van der Waals surface area contributed by atoms with Gasteiger partial charge in [0.1, 0.15) is 17.9 Å². The summed E-state index contributed by atoms with van der Waals surface area (Å²) in [4.78, 5) is 37.7. The van der Waals surface area contributed by atoms with Crippen LogP contribution in [0.15, 0.2) is 47.3 Å². The predicted octanol–water partition coefficient (Wildman–Crippen LogP) is 1.22. The Labute approximate surface area is 153 Å². The van der Waals surface area contributed by atoms with E-state index in [0.717, 1.165) is 5.56 Å². The molecule has 1 aromatic heterocycles. The van der Waals surface area contributed by atoms with Gasteiger partial charge in [-0.1, -0.05) is 30.3 Å². The van der Waals surface area contributed by atoms with E-state index >= 15 is 0 Å². The van der Waals surface area contributed by atoms with Crippen molar-refractivity contribution < 1.29 is 19.8 Å². The molecule has 0 fully saturated rings. The van der Waals surface area contributed by atoms with Crippen LogP contribution in [0.25, 0.3) is 10.9 Å². The van der Waals surface area contributed by atoms with Gasteiger partial charge in [0.15, 0.2) is 0 Å². The molecular formula is C19H17N3O5. The van der Waals surface area contributed by atoms with E-state index in [-0.39, 0.29) is 5.39 Å². The molecule has 1 heterocycles. The molecule has 2 aromatic carbocycles. The van der Waals surface area contributed by atoms with E-state index < -0.39 is 35.3 Å². The molecule has 8 nitrogen and oxygen atoms in total. The Kier molecular flexibility index (Phi) is 4.80. The number of H-pyrrole nitrogens is 1. The SMILES string of the molecule is Nc1ccc2c(O)c(C(=O)NCC(=O)O)c(=O)[nH]c2c1Cc1ccccc1. The second-order valence-electron chi connectivity index (χ2n) is 5.97. The minimum atomic E-state index is -1.27. The van der Waals surface area contributed by atoms with Gasteiger partial charge in [-0.25, -0.2) is 0 Å². The molecule has 3 aromatic rings. The van der Waals surface area contributed by atoms with Crippen LogP contribution in [0.1, 0.15) is 21.5 Å². The molecule has 6 N–H and O–H groups in total. The maximum absolute atomic E-state index is 12.4. The molecule has 0 aliphatic heterocycles. The molecule has 0 atom stereocenters. The maximum Gasteiger partial charge on any atom is 0.322 e. The third kappa shape index (κ3) is 3.59. The van der Waals surface area contributed by atoms with Crippen molar-refractivity contribution in [2.24, 2.45) is 0 Å². The van der Waals surface area contributed by atoms with Gasteiger partial charge in [0.05, 0.1) is 5.52 Å². The van der Waals surface area contributed by atoms with E-state index in [1.165, 1.54) is 6.07 Å². The van der Waals surface area contributed by atoms with Gasteiger partial charge < -0.3 is 26.2 Å². The van der Waals surface area contributed by atoms with E-state index in [1.54, 1.807) is 6.07 Å². The Balaban J connectivity index is 2.12. The monoisotopic (exact) mass is 367 g/mol. The minimum Gasteiger partial charge on any atom is -0.506 e. The number of pyridine rings is 1. The molecule has 138 valence electrons. The summed E-state index contributed by atoms with van der Waals surface area (Å²) in [6.45, 7) is -0.670. The average Bonchev–Trinajstić information content (AvgIpc) is 2.63. The first-order valence-electron chi connectivity index (χ1n) is 8.08. The number of fused-ring (bicyclic) bond motifs is 1. The van der Waals surface area contributed by atoms with Gasteiger partial charge in [0, 0.05) is 23.1 Å². The second kappa shape index (κ2) is 7.20. The van der Waals surface area contributed by atoms with Gasteiger partial charge >= 0.3 is 5.97 Å². The number of hydrogen-bond donors (Lipinski definition) is 5. The van der Waals surface area contributed by atoms with Crippen LogP contribution in [0, 0.1) is 0 Å². The zero-order valence-corrected chi connectivity index (χ0v) is 14.2. The zero-order valence-electron chi connectivity index (χ0n) is 14.2. The number of aromatic nitrogens is 1. The van der Waals surface area contributed by atoms with E-state index in [4.69, 9.17) is 10.8 Å². The fraction of sp³-hybridized carbons (Fsp3) is 0.105. The van der Waals surface area contributed by atoms with Crippen LogP contribution in [-0.2, 0) is 11.2 Å². The van der Waals surface area contributed by atoms with Crippen molar-refractivity contribution in [1.82, 2.24) is 10.3 Å². The van der Waals surface area contributed by atoms with E-state index in [1.807, 2.05) is 30.3 Å². The predicted molar refractivity (Wildman–Crippen MR) is 99.9 cm³/mol. The number of amides is 1. The highest BCUT2D eigenvalue weighted by atomic mass is 16.4. The van der Waals surface area contributed by atoms with Gasteiger partial charge in [0.25, 0.3) is 11.5 Å². The lowest BCUT2D eigenvalue weighted by molar-refractivity contribution is -0.135. The molecule has 0 aliphatic carbocycles. The number of carboxylic acid groups (broad SMARTS) is 1. The van der Waals surface area contributed by atoms with Crippen molar-refractivity contribution in [1.29, 1.82) is 0 Å². The average molecular weight is 367 g/mol. The molecule has 0 spiro atoms. The molecule has 0 saturated carbocycles. The topological polar surface area (TPSA) is 146 Å². The van der Waals surface area contributed by atoms with E-state index in [9.17, 15) is 19.5 Å². The van der Waals surface area contributed by atoms with Gasteiger partial charge in [-0.05, 0) is 17.7 Å². The van der Waals surface area contributed by atoms with Gasteiger partial charge in [-0.3, -0.25) is 14.4 Å². The Morgan fingerprint density at radius 1 is 1.11 bits per heavy atom. The summed E-state index contributed by atoms with van der Waals surface area (Å²) in [5.74, 6) is -2.76. The largest absolute Gasteiger partial charge is 0.506 e. The molecule has 0 aliphatic rings.